The fraction of sp³-hybridized carbons (Fsp3) is 0.500. The van der Waals surface area contributed by atoms with Gasteiger partial charge in [0.15, 0.2) is 5.16 Å². The molecule has 0 bridgehead atoms. The van der Waals surface area contributed by atoms with Crippen LogP contribution in [0.3, 0.4) is 0 Å². The second-order valence-electron chi connectivity index (χ2n) is 7.47. The second kappa shape index (κ2) is 8.84. The van der Waals surface area contributed by atoms with Crippen LogP contribution in [0.25, 0.3) is 5.69 Å². The number of carbonyl (C=O) groups excluding carboxylic acids is 1. The van der Waals surface area contributed by atoms with Gasteiger partial charge in [0.25, 0.3) is 0 Å². The predicted octanol–water partition coefficient (Wildman–Crippen LogP) is 2.26. The van der Waals surface area contributed by atoms with Crippen LogP contribution in [0, 0.1) is 18.3 Å². The number of hydrogen-bond acceptors (Lipinski definition) is 7. The Kier molecular flexibility index (Phi) is 6.45. The molecule has 1 aliphatic rings. The zero-order valence-electron chi connectivity index (χ0n) is 17.3. The van der Waals surface area contributed by atoms with E-state index in [0.29, 0.717) is 18.4 Å². The second-order valence-corrected chi connectivity index (χ2v) is 8.41. The lowest BCUT2D eigenvalue weighted by molar-refractivity contribution is -0.130. The molecule has 0 radical (unpaired) electrons. The Hall–Kier alpha value is -2.57. The molecule has 1 amide bonds. The highest BCUT2D eigenvalue weighted by Gasteiger charge is 2.28. The normalized spacial score (nSPS) is 14.5. The van der Waals surface area contributed by atoms with Gasteiger partial charge in [0.1, 0.15) is 5.54 Å². The maximum absolute atomic E-state index is 12.6. The van der Waals surface area contributed by atoms with E-state index in [-0.39, 0.29) is 11.7 Å². The summed E-state index contributed by atoms with van der Waals surface area (Å²) in [4.78, 5) is 16.2. The zero-order valence-corrected chi connectivity index (χ0v) is 18.1. The molecule has 0 saturated carbocycles. The number of thioether (sulfide) groups is 1. The van der Waals surface area contributed by atoms with Crippen molar-refractivity contribution in [2.45, 2.75) is 31.5 Å². The molecular weight excluding hydrogens is 388 g/mol. The molecule has 29 heavy (non-hydrogen) atoms. The average Bonchev–Trinajstić information content (AvgIpc) is 3.16. The summed E-state index contributed by atoms with van der Waals surface area (Å²) in [6, 6.07) is 10.3. The van der Waals surface area contributed by atoms with Crippen molar-refractivity contribution in [3.8, 4) is 11.8 Å². The number of nitriles is 1. The van der Waals surface area contributed by atoms with E-state index in [2.05, 4.69) is 27.2 Å². The number of aryl methyl sites for hydroxylation is 1. The van der Waals surface area contributed by atoms with Crippen LogP contribution in [0.5, 0.6) is 0 Å². The van der Waals surface area contributed by atoms with Crippen molar-refractivity contribution in [1.29, 1.82) is 5.26 Å². The average molecular weight is 415 g/mol. The number of ether oxygens (including phenoxy) is 1. The fourth-order valence-corrected chi connectivity index (χ4v) is 3.79. The van der Waals surface area contributed by atoms with E-state index in [4.69, 9.17) is 4.74 Å². The first-order valence-electron chi connectivity index (χ1n) is 9.49. The smallest absolute Gasteiger partial charge is 0.234 e. The molecule has 154 valence electrons. The lowest BCUT2D eigenvalue weighted by Crippen LogP contribution is -2.44. The van der Waals surface area contributed by atoms with Crippen LogP contribution in [0.15, 0.2) is 29.4 Å². The van der Waals surface area contributed by atoms with E-state index in [1.165, 1.54) is 16.7 Å². The zero-order chi connectivity index (χ0) is 21.0. The lowest BCUT2D eigenvalue weighted by Gasteiger charge is -2.29. The van der Waals surface area contributed by atoms with Crippen molar-refractivity contribution in [3.05, 3.63) is 29.8 Å². The molecule has 0 spiro atoms. The summed E-state index contributed by atoms with van der Waals surface area (Å²) in [5.41, 5.74) is 1.23. The Morgan fingerprint density at radius 2 is 2.07 bits per heavy atom. The van der Waals surface area contributed by atoms with Crippen LogP contribution in [0.4, 0.5) is 5.95 Å². The fourth-order valence-electron chi connectivity index (χ4n) is 2.93. The molecule has 2 aromatic rings. The monoisotopic (exact) mass is 414 g/mol. The number of amides is 1. The van der Waals surface area contributed by atoms with Crippen LogP contribution in [0.2, 0.25) is 0 Å². The Morgan fingerprint density at radius 3 is 2.72 bits per heavy atom. The molecule has 0 aliphatic carbocycles. The van der Waals surface area contributed by atoms with Gasteiger partial charge in [-0.15, -0.1) is 10.2 Å². The molecule has 8 nitrogen and oxygen atoms in total. The standard InChI is InChI=1S/C20H26N6O2S/c1-15-6-5-7-16(12-15)26-18(25-8-10-28-11-9-25)22-23-19(26)29-13-17(27)24(4)20(2,3)14-21/h5-7,12H,8-11,13H2,1-4H3. The van der Waals surface area contributed by atoms with Crippen molar-refractivity contribution in [2.24, 2.45) is 0 Å². The molecule has 1 aliphatic heterocycles. The molecule has 1 aromatic heterocycles. The van der Waals surface area contributed by atoms with Gasteiger partial charge >= 0.3 is 0 Å². The molecule has 2 heterocycles. The Balaban J connectivity index is 1.88. The maximum atomic E-state index is 12.6. The summed E-state index contributed by atoms with van der Waals surface area (Å²) in [7, 11) is 1.65. The van der Waals surface area contributed by atoms with Crippen molar-refractivity contribution in [2.75, 3.05) is 44.0 Å². The first-order valence-corrected chi connectivity index (χ1v) is 10.5. The number of rotatable bonds is 6. The Morgan fingerprint density at radius 1 is 1.34 bits per heavy atom. The first-order chi connectivity index (χ1) is 13.8. The van der Waals surface area contributed by atoms with Gasteiger partial charge in [0, 0.05) is 20.1 Å². The summed E-state index contributed by atoms with van der Waals surface area (Å²) in [6.45, 7) is 8.27. The van der Waals surface area contributed by atoms with Crippen molar-refractivity contribution in [1.82, 2.24) is 19.7 Å². The Bertz CT molecular complexity index is 914. The van der Waals surface area contributed by atoms with Crippen molar-refractivity contribution >= 4 is 23.6 Å². The third-order valence-corrected chi connectivity index (χ3v) is 5.89. The van der Waals surface area contributed by atoms with E-state index < -0.39 is 5.54 Å². The predicted molar refractivity (Wildman–Crippen MR) is 112 cm³/mol. The van der Waals surface area contributed by atoms with Gasteiger partial charge in [0.05, 0.1) is 30.7 Å². The minimum atomic E-state index is -0.860. The van der Waals surface area contributed by atoms with Crippen LogP contribution >= 0.6 is 11.8 Å². The van der Waals surface area contributed by atoms with Gasteiger partial charge < -0.3 is 14.5 Å². The Labute approximate surface area is 175 Å². The van der Waals surface area contributed by atoms with E-state index in [0.717, 1.165) is 30.3 Å². The highest BCUT2D eigenvalue weighted by molar-refractivity contribution is 7.99. The number of nitrogens with zero attached hydrogens (tertiary/aromatic N) is 6. The molecule has 0 unspecified atom stereocenters. The van der Waals surface area contributed by atoms with Gasteiger partial charge in [0.2, 0.25) is 11.9 Å². The highest BCUT2D eigenvalue weighted by atomic mass is 32.2. The number of anilines is 1. The van der Waals surface area contributed by atoms with Crippen LogP contribution in [0.1, 0.15) is 19.4 Å². The third kappa shape index (κ3) is 4.71. The summed E-state index contributed by atoms with van der Waals surface area (Å²) in [5, 5.41) is 18.7. The largest absolute Gasteiger partial charge is 0.378 e. The van der Waals surface area contributed by atoms with Gasteiger partial charge in [-0.05, 0) is 38.5 Å². The first kappa shape index (κ1) is 21.1. The van der Waals surface area contributed by atoms with Crippen LogP contribution in [-0.4, -0.2) is 70.2 Å². The third-order valence-electron chi connectivity index (χ3n) is 4.98. The SMILES string of the molecule is Cc1cccc(-n2c(SCC(=O)N(C)C(C)(C)C#N)nnc2N2CCOCC2)c1. The summed E-state index contributed by atoms with van der Waals surface area (Å²) in [5.74, 6) is 0.794. The number of hydrogen-bond donors (Lipinski definition) is 0. The van der Waals surface area contributed by atoms with Gasteiger partial charge in [-0.3, -0.25) is 9.36 Å². The molecule has 0 atom stereocenters. The minimum Gasteiger partial charge on any atom is -0.378 e. The lowest BCUT2D eigenvalue weighted by atomic mass is 10.1. The van der Waals surface area contributed by atoms with Crippen LogP contribution in [-0.2, 0) is 9.53 Å². The molecule has 1 saturated heterocycles. The van der Waals surface area contributed by atoms with E-state index in [1.54, 1.807) is 20.9 Å². The van der Waals surface area contributed by atoms with E-state index in [9.17, 15) is 10.1 Å². The number of morpholine rings is 1. The van der Waals surface area contributed by atoms with Gasteiger partial charge in [-0.2, -0.15) is 5.26 Å². The van der Waals surface area contributed by atoms with E-state index >= 15 is 0 Å². The number of aromatic nitrogens is 3. The highest BCUT2D eigenvalue weighted by Crippen LogP contribution is 2.28. The minimum absolute atomic E-state index is 0.131. The van der Waals surface area contributed by atoms with Crippen molar-refractivity contribution in [3.63, 3.8) is 0 Å². The summed E-state index contributed by atoms with van der Waals surface area (Å²) < 4.78 is 7.45. The molecule has 1 aromatic carbocycles. The van der Waals surface area contributed by atoms with Gasteiger partial charge in [-0.1, -0.05) is 23.9 Å². The molecule has 0 N–H and O–H groups in total. The molecular formula is C20H26N6O2S. The van der Waals surface area contributed by atoms with Crippen LogP contribution < -0.4 is 4.90 Å². The van der Waals surface area contributed by atoms with Crippen molar-refractivity contribution < 1.29 is 9.53 Å². The summed E-state index contributed by atoms with van der Waals surface area (Å²) >= 11 is 1.33. The van der Waals surface area contributed by atoms with Gasteiger partial charge in [-0.25, -0.2) is 0 Å². The number of carbonyl (C=O) groups is 1. The van der Waals surface area contributed by atoms with E-state index in [1.807, 2.05) is 29.7 Å². The number of benzene rings is 1. The quantitative estimate of drug-likeness (QED) is 0.670. The molecule has 9 heteroatoms. The summed E-state index contributed by atoms with van der Waals surface area (Å²) in [6.07, 6.45) is 0. The molecule has 3 rings (SSSR count). The maximum Gasteiger partial charge on any atom is 0.234 e. The molecule has 1 fully saturated rings. The topological polar surface area (TPSA) is 87.3 Å².